The Labute approximate surface area is 182 Å². The molecule has 0 N–H and O–H groups in total. The minimum atomic E-state index is -0.650. The molecule has 0 amide bonds. The fourth-order valence-corrected chi connectivity index (χ4v) is 3.33. The molecule has 0 unspecified atom stereocenters. The van der Waals surface area contributed by atoms with Gasteiger partial charge in [-0.15, -0.1) is 6.58 Å². The normalized spacial score (nSPS) is 10.6. The summed E-state index contributed by atoms with van der Waals surface area (Å²) >= 11 is 18.0. The Morgan fingerprint density at radius 1 is 1.10 bits per heavy atom. The van der Waals surface area contributed by atoms with Crippen molar-refractivity contribution in [1.82, 2.24) is 9.78 Å². The Kier molecular flexibility index (Phi) is 6.42. The van der Waals surface area contributed by atoms with Crippen molar-refractivity contribution in [3.8, 4) is 5.88 Å². The highest BCUT2D eigenvalue weighted by molar-refractivity contribution is 6.37. The highest BCUT2D eigenvalue weighted by atomic mass is 35.5. The van der Waals surface area contributed by atoms with Crippen LogP contribution in [0.25, 0.3) is 0 Å². The van der Waals surface area contributed by atoms with Crippen molar-refractivity contribution in [2.24, 2.45) is 0 Å². The van der Waals surface area contributed by atoms with E-state index in [1.807, 2.05) is 0 Å². The number of rotatable bonds is 6. The number of benzene rings is 2. The molecule has 0 saturated carbocycles. The van der Waals surface area contributed by atoms with Gasteiger partial charge in [0.15, 0.2) is 0 Å². The van der Waals surface area contributed by atoms with Gasteiger partial charge in [-0.25, -0.2) is 9.48 Å². The average Bonchev–Trinajstić information content (AvgIpc) is 2.97. The fraction of sp³-hybridized carbons (Fsp3) is 0.0952. The van der Waals surface area contributed by atoms with Crippen LogP contribution in [0.15, 0.2) is 55.1 Å². The first-order chi connectivity index (χ1) is 13.8. The summed E-state index contributed by atoms with van der Waals surface area (Å²) in [6, 6.07) is 10.8. The van der Waals surface area contributed by atoms with Crippen LogP contribution in [0, 0.1) is 6.92 Å². The van der Waals surface area contributed by atoms with Crippen LogP contribution >= 0.6 is 34.8 Å². The molecular formula is C21H15Cl3N2O3. The van der Waals surface area contributed by atoms with Gasteiger partial charge in [-0.1, -0.05) is 40.9 Å². The molecule has 0 bridgehead atoms. The van der Waals surface area contributed by atoms with E-state index in [0.717, 1.165) is 0 Å². The van der Waals surface area contributed by atoms with Gasteiger partial charge in [0.1, 0.15) is 5.56 Å². The molecule has 8 heteroatoms. The molecule has 0 radical (unpaired) electrons. The first-order valence-corrected chi connectivity index (χ1v) is 9.61. The van der Waals surface area contributed by atoms with Gasteiger partial charge >= 0.3 is 5.97 Å². The summed E-state index contributed by atoms with van der Waals surface area (Å²) in [6.45, 7) is 5.56. The quantitative estimate of drug-likeness (QED) is 0.271. The molecule has 0 saturated heterocycles. The summed E-state index contributed by atoms with van der Waals surface area (Å²) in [6.07, 6.45) is 1.58. The van der Waals surface area contributed by atoms with E-state index in [2.05, 4.69) is 11.7 Å². The zero-order valence-electron chi connectivity index (χ0n) is 15.3. The lowest BCUT2D eigenvalue weighted by Gasteiger charge is -2.10. The molecule has 0 fully saturated rings. The second-order valence-corrected chi connectivity index (χ2v) is 7.37. The van der Waals surface area contributed by atoms with Crippen LogP contribution in [0.2, 0.25) is 15.1 Å². The summed E-state index contributed by atoms with van der Waals surface area (Å²) in [4.78, 5) is 25.8. The molecule has 0 aliphatic rings. The first-order valence-electron chi connectivity index (χ1n) is 8.47. The number of aromatic nitrogens is 2. The predicted molar refractivity (Wildman–Crippen MR) is 113 cm³/mol. The topological polar surface area (TPSA) is 61.2 Å². The molecule has 3 aromatic rings. The van der Waals surface area contributed by atoms with Gasteiger partial charge in [0, 0.05) is 15.6 Å². The number of hydrogen-bond acceptors (Lipinski definition) is 4. The lowest BCUT2D eigenvalue weighted by molar-refractivity contribution is 0.0717. The summed E-state index contributed by atoms with van der Waals surface area (Å²) in [5.74, 6) is -1.07. The molecule has 29 heavy (non-hydrogen) atoms. The lowest BCUT2D eigenvalue weighted by atomic mass is 10.0. The Hall–Kier alpha value is -2.60. The van der Waals surface area contributed by atoms with Crippen LogP contribution in [0.1, 0.15) is 32.0 Å². The maximum absolute atomic E-state index is 13.2. The number of ether oxygens (including phenoxy) is 1. The van der Waals surface area contributed by atoms with Gasteiger partial charge in [-0.05, 0) is 49.4 Å². The van der Waals surface area contributed by atoms with Crippen molar-refractivity contribution in [3.05, 3.63) is 92.6 Å². The van der Waals surface area contributed by atoms with Gasteiger partial charge in [-0.3, -0.25) is 4.79 Å². The molecule has 0 atom stereocenters. The Morgan fingerprint density at radius 2 is 1.76 bits per heavy atom. The first kappa shape index (κ1) is 21.1. The molecule has 1 heterocycles. The Morgan fingerprint density at radius 3 is 2.38 bits per heavy atom. The molecule has 148 valence electrons. The third-order valence-electron chi connectivity index (χ3n) is 4.05. The largest absolute Gasteiger partial charge is 0.403 e. The number of carbonyl (C=O) groups is 2. The molecular weight excluding hydrogens is 435 g/mol. The molecule has 1 aromatic heterocycles. The number of halogens is 3. The number of nitrogens with zero attached hydrogens (tertiary/aromatic N) is 2. The lowest BCUT2D eigenvalue weighted by Crippen LogP contribution is -2.15. The number of esters is 1. The van der Waals surface area contributed by atoms with Crippen LogP contribution < -0.4 is 4.74 Å². The van der Waals surface area contributed by atoms with Crippen molar-refractivity contribution in [1.29, 1.82) is 0 Å². The van der Waals surface area contributed by atoms with E-state index in [1.165, 1.54) is 28.9 Å². The van der Waals surface area contributed by atoms with E-state index in [9.17, 15) is 9.59 Å². The van der Waals surface area contributed by atoms with E-state index in [4.69, 9.17) is 39.5 Å². The highest BCUT2D eigenvalue weighted by Gasteiger charge is 2.27. The van der Waals surface area contributed by atoms with Crippen molar-refractivity contribution < 1.29 is 14.3 Å². The number of allylic oxidation sites excluding steroid dienone is 1. The summed E-state index contributed by atoms with van der Waals surface area (Å²) in [5, 5.41) is 5.39. The maximum atomic E-state index is 13.2. The second-order valence-electron chi connectivity index (χ2n) is 6.09. The molecule has 2 aromatic carbocycles. The highest BCUT2D eigenvalue weighted by Crippen LogP contribution is 2.30. The van der Waals surface area contributed by atoms with Gasteiger partial charge in [0.25, 0.3) is 0 Å². The SMILES string of the molecule is C=CCn1nc(C)c(C(=O)c2ccc(Cl)cc2Cl)c1OC(=O)c1ccc(Cl)cc1. The summed E-state index contributed by atoms with van der Waals surface area (Å²) in [5.41, 5.74) is 1.03. The minimum Gasteiger partial charge on any atom is -0.403 e. The van der Waals surface area contributed by atoms with Crippen molar-refractivity contribution in [2.75, 3.05) is 0 Å². The molecule has 3 rings (SSSR count). The molecule has 0 aliphatic carbocycles. The van der Waals surface area contributed by atoms with Gasteiger partial charge in [-0.2, -0.15) is 5.10 Å². The van der Waals surface area contributed by atoms with E-state index in [1.54, 1.807) is 31.2 Å². The second kappa shape index (κ2) is 8.82. The van der Waals surface area contributed by atoms with Crippen molar-refractivity contribution in [3.63, 3.8) is 0 Å². The smallest absolute Gasteiger partial charge is 0.344 e. The summed E-state index contributed by atoms with van der Waals surface area (Å²) < 4.78 is 6.96. The Bertz CT molecular complexity index is 1110. The maximum Gasteiger partial charge on any atom is 0.344 e. The van der Waals surface area contributed by atoms with Crippen LogP contribution in [0.3, 0.4) is 0 Å². The minimum absolute atomic E-state index is 0.0124. The Balaban J connectivity index is 2.05. The number of carbonyl (C=O) groups excluding carboxylic acids is 2. The fourth-order valence-electron chi connectivity index (χ4n) is 2.71. The molecule has 5 nitrogen and oxygen atoms in total. The van der Waals surface area contributed by atoms with Crippen LogP contribution in [0.4, 0.5) is 0 Å². The van der Waals surface area contributed by atoms with E-state index in [-0.39, 0.29) is 34.1 Å². The van der Waals surface area contributed by atoms with Crippen LogP contribution in [-0.4, -0.2) is 21.5 Å². The van der Waals surface area contributed by atoms with Crippen LogP contribution in [-0.2, 0) is 6.54 Å². The van der Waals surface area contributed by atoms with Crippen molar-refractivity contribution in [2.45, 2.75) is 13.5 Å². The van der Waals surface area contributed by atoms with Gasteiger partial charge in [0.2, 0.25) is 11.7 Å². The van der Waals surface area contributed by atoms with E-state index >= 15 is 0 Å². The van der Waals surface area contributed by atoms with Crippen molar-refractivity contribution >= 4 is 46.6 Å². The number of ketones is 1. The number of aryl methyl sites for hydroxylation is 1. The van der Waals surface area contributed by atoms with E-state index in [0.29, 0.717) is 15.7 Å². The molecule has 0 aliphatic heterocycles. The van der Waals surface area contributed by atoms with Gasteiger partial charge < -0.3 is 4.74 Å². The monoisotopic (exact) mass is 448 g/mol. The predicted octanol–water partition coefficient (Wildman–Crippen LogP) is 5.79. The average molecular weight is 450 g/mol. The molecule has 0 spiro atoms. The van der Waals surface area contributed by atoms with E-state index < -0.39 is 11.8 Å². The standard InChI is InChI=1S/C21H15Cl3N2O3/c1-3-10-26-20(29-21(28)13-4-6-14(22)7-5-13)18(12(2)25-26)19(27)16-9-8-15(23)11-17(16)24/h3-9,11H,1,10H2,2H3. The third kappa shape index (κ3) is 4.53. The number of hydrogen-bond donors (Lipinski definition) is 0. The third-order valence-corrected chi connectivity index (χ3v) is 4.85. The summed E-state index contributed by atoms with van der Waals surface area (Å²) in [7, 11) is 0. The zero-order valence-corrected chi connectivity index (χ0v) is 17.6. The zero-order chi connectivity index (χ0) is 21.1. The van der Waals surface area contributed by atoms with Crippen LogP contribution in [0.5, 0.6) is 5.88 Å². The van der Waals surface area contributed by atoms with Gasteiger partial charge in [0.05, 0.1) is 22.8 Å².